The molecule has 0 fully saturated rings. The standard InChI is InChI=1S/C17H21NO4S/c1-13(14-8-6-5-7-9-14)18(2)23(19,20)15-10-11-16(21-3)17(12-15)22-4/h5-13H,1-4H3/t13-/m1/s1. The van der Waals surface area contributed by atoms with E-state index in [0.717, 1.165) is 5.56 Å². The van der Waals surface area contributed by atoms with Crippen LogP contribution < -0.4 is 9.47 Å². The fraction of sp³-hybridized carbons (Fsp3) is 0.294. The monoisotopic (exact) mass is 335 g/mol. The molecule has 0 saturated heterocycles. The predicted octanol–water partition coefficient (Wildman–Crippen LogP) is 3.09. The summed E-state index contributed by atoms with van der Waals surface area (Å²) in [6.45, 7) is 1.85. The third-order valence-electron chi connectivity index (χ3n) is 3.86. The smallest absolute Gasteiger partial charge is 0.243 e. The van der Waals surface area contributed by atoms with Gasteiger partial charge in [0.2, 0.25) is 10.0 Å². The van der Waals surface area contributed by atoms with Crippen molar-refractivity contribution in [3.05, 3.63) is 54.1 Å². The number of sulfonamides is 1. The molecule has 0 saturated carbocycles. The molecule has 0 amide bonds. The third kappa shape index (κ3) is 3.48. The molecule has 0 radical (unpaired) electrons. The van der Waals surface area contributed by atoms with Gasteiger partial charge in [0.15, 0.2) is 11.5 Å². The maximum Gasteiger partial charge on any atom is 0.243 e. The molecule has 2 aromatic rings. The Balaban J connectivity index is 2.38. The largest absolute Gasteiger partial charge is 0.493 e. The molecule has 0 N–H and O–H groups in total. The van der Waals surface area contributed by atoms with Crippen LogP contribution in [0.5, 0.6) is 11.5 Å². The summed E-state index contributed by atoms with van der Waals surface area (Å²) in [6, 6.07) is 13.8. The van der Waals surface area contributed by atoms with Gasteiger partial charge in [0, 0.05) is 19.2 Å². The highest BCUT2D eigenvalue weighted by molar-refractivity contribution is 7.89. The molecule has 5 nitrogen and oxygen atoms in total. The van der Waals surface area contributed by atoms with Crippen LogP contribution in [0, 0.1) is 0 Å². The molecule has 1 atom stereocenters. The molecule has 2 rings (SSSR count). The van der Waals surface area contributed by atoms with Gasteiger partial charge in [-0.25, -0.2) is 8.42 Å². The Morgan fingerprint density at radius 1 is 0.957 bits per heavy atom. The van der Waals surface area contributed by atoms with Crippen LogP contribution >= 0.6 is 0 Å². The zero-order chi connectivity index (χ0) is 17.0. The van der Waals surface area contributed by atoms with Crippen molar-refractivity contribution in [2.24, 2.45) is 0 Å². The second-order valence-electron chi connectivity index (χ2n) is 5.12. The van der Waals surface area contributed by atoms with Gasteiger partial charge in [-0.1, -0.05) is 30.3 Å². The van der Waals surface area contributed by atoms with Crippen molar-refractivity contribution < 1.29 is 17.9 Å². The molecule has 0 aliphatic carbocycles. The number of hydrogen-bond acceptors (Lipinski definition) is 4. The SMILES string of the molecule is COc1ccc(S(=O)(=O)N(C)[C@H](C)c2ccccc2)cc1OC. The molecular weight excluding hydrogens is 314 g/mol. The van der Waals surface area contributed by atoms with Crippen LogP contribution in [0.4, 0.5) is 0 Å². The van der Waals surface area contributed by atoms with Gasteiger partial charge < -0.3 is 9.47 Å². The number of ether oxygens (including phenoxy) is 2. The maximum absolute atomic E-state index is 12.8. The lowest BCUT2D eigenvalue weighted by Crippen LogP contribution is -2.29. The summed E-state index contributed by atoms with van der Waals surface area (Å²) in [5, 5.41) is 0. The number of rotatable bonds is 6. The van der Waals surface area contributed by atoms with Gasteiger partial charge in [-0.15, -0.1) is 0 Å². The lowest BCUT2D eigenvalue weighted by molar-refractivity contribution is 0.353. The highest BCUT2D eigenvalue weighted by Crippen LogP contribution is 2.32. The molecule has 2 aromatic carbocycles. The minimum atomic E-state index is -3.65. The van der Waals surface area contributed by atoms with E-state index in [0.29, 0.717) is 11.5 Å². The van der Waals surface area contributed by atoms with Crippen molar-refractivity contribution in [1.82, 2.24) is 4.31 Å². The summed E-state index contributed by atoms with van der Waals surface area (Å²) in [6.07, 6.45) is 0. The topological polar surface area (TPSA) is 55.8 Å². The summed E-state index contributed by atoms with van der Waals surface area (Å²) in [5.74, 6) is 0.875. The van der Waals surface area contributed by atoms with Crippen LogP contribution in [0.25, 0.3) is 0 Å². The molecule has 0 heterocycles. The van der Waals surface area contributed by atoms with Crippen LogP contribution in [0.3, 0.4) is 0 Å². The minimum Gasteiger partial charge on any atom is -0.493 e. The fourth-order valence-electron chi connectivity index (χ4n) is 2.29. The molecule has 0 aromatic heterocycles. The Bertz CT molecular complexity index is 759. The van der Waals surface area contributed by atoms with E-state index >= 15 is 0 Å². The molecule has 124 valence electrons. The molecule has 6 heteroatoms. The Kier molecular flexibility index (Phi) is 5.28. The van der Waals surface area contributed by atoms with Crippen LogP contribution in [0.1, 0.15) is 18.5 Å². The molecular formula is C17H21NO4S. The van der Waals surface area contributed by atoms with Crippen molar-refractivity contribution in [2.75, 3.05) is 21.3 Å². The second kappa shape index (κ2) is 7.02. The van der Waals surface area contributed by atoms with Crippen molar-refractivity contribution in [3.8, 4) is 11.5 Å². The first-order chi connectivity index (χ1) is 10.9. The van der Waals surface area contributed by atoms with Crippen molar-refractivity contribution in [3.63, 3.8) is 0 Å². The summed E-state index contributed by atoms with van der Waals surface area (Å²) in [7, 11) is 0.913. The Labute approximate surface area is 137 Å². The zero-order valence-electron chi connectivity index (χ0n) is 13.7. The van der Waals surface area contributed by atoms with E-state index < -0.39 is 10.0 Å². The first kappa shape index (κ1) is 17.3. The Hall–Kier alpha value is -2.05. The fourth-order valence-corrected chi connectivity index (χ4v) is 3.66. The van der Waals surface area contributed by atoms with Crippen LogP contribution in [-0.2, 0) is 10.0 Å². The number of hydrogen-bond donors (Lipinski definition) is 0. The van der Waals surface area contributed by atoms with E-state index in [4.69, 9.17) is 9.47 Å². The second-order valence-corrected chi connectivity index (χ2v) is 7.12. The number of methoxy groups -OCH3 is 2. The van der Waals surface area contributed by atoms with E-state index in [-0.39, 0.29) is 10.9 Å². The van der Waals surface area contributed by atoms with Gasteiger partial charge in [0.25, 0.3) is 0 Å². The van der Waals surface area contributed by atoms with Crippen molar-refractivity contribution in [2.45, 2.75) is 17.9 Å². The normalized spacial score (nSPS) is 12.9. The molecule has 23 heavy (non-hydrogen) atoms. The van der Waals surface area contributed by atoms with Crippen LogP contribution in [0.15, 0.2) is 53.4 Å². The van der Waals surface area contributed by atoms with E-state index in [1.165, 1.54) is 30.7 Å². The third-order valence-corrected chi connectivity index (χ3v) is 5.78. The quantitative estimate of drug-likeness (QED) is 0.814. The van der Waals surface area contributed by atoms with Crippen molar-refractivity contribution in [1.29, 1.82) is 0 Å². The molecule has 0 spiro atoms. The Morgan fingerprint density at radius 2 is 1.57 bits per heavy atom. The molecule has 0 bridgehead atoms. The lowest BCUT2D eigenvalue weighted by Gasteiger charge is -2.25. The maximum atomic E-state index is 12.8. The Morgan fingerprint density at radius 3 is 2.13 bits per heavy atom. The molecule has 0 aliphatic heterocycles. The van der Waals surface area contributed by atoms with E-state index in [1.54, 1.807) is 13.1 Å². The summed E-state index contributed by atoms with van der Waals surface area (Å²) in [5.41, 5.74) is 0.930. The van der Waals surface area contributed by atoms with Gasteiger partial charge in [-0.05, 0) is 24.6 Å². The van der Waals surface area contributed by atoms with E-state index in [9.17, 15) is 8.42 Å². The van der Waals surface area contributed by atoms with Gasteiger partial charge in [0.1, 0.15) is 0 Å². The van der Waals surface area contributed by atoms with Gasteiger partial charge in [-0.3, -0.25) is 0 Å². The highest BCUT2D eigenvalue weighted by Gasteiger charge is 2.27. The zero-order valence-corrected chi connectivity index (χ0v) is 14.5. The van der Waals surface area contributed by atoms with Gasteiger partial charge in [0.05, 0.1) is 19.1 Å². The van der Waals surface area contributed by atoms with Crippen molar-refractivity contribution >= 4 is 10.0 Å². The predicted molar refractivity (Wildman–Crippen MR) is 89.4 cm³/mol. The summed E-state index contributed by atoms with van der Waals surface area (Å²) < 4.78 is 37.4. The van der Waals surface area contributed by atoms with Crippen LogP contribution in [-0.4, -0.2) is 34.0 Å². The first-order valence-electron chi connectivity index (χ1n) is 7.16. The summed E-state index contributed by atoms with van der Waals surface area (Å²) >= 11 is 0. The van der Waals surface area contributed by atoms with Gasteiger partial charge >= 0.3 is 0 Å². The minimum absolute atomic E-state index is 0.167. The van der Waals surface area contributed by atoms with E-state index in [2.05, 4.69) is 0 Å². The average Bonchev–Trinajstić information content (AvgIpc) is 2.60. The molecule has 0 aliphatic rings. The molecule has 0 unspecified atom stereocenters. The average molecular weight is 335 g/mol. The lowest BCUT2D eigenvalue weighted by atomic mass is 10.1. The first-order valence-corrected chi connectivity index (χ1v) is 8.60. The highest BCUT2D eigenvalue weighted by atomic mass is 32.2. The van der Waals surface area contributed by atoms with Crippen LogP contribution in [0.2, 0.25) is 0 Å². The number of benzene rings is 2. The van der Waals surface area contributed by atoms with E-state index in [1.807, 2.05) is 37.3 Å². The summed E-state index contributed by atoms with van der Waals surface area (Å²) in [4.78, 5) is 0.167. The number of nitrogens with zero attached hydrogens (tertiary/aromatic N) is 1. The van der Waals surface area contributed by atoms with Gasteiger partial charge in [-0.2, -0.15) is 4.31 Å².